The number of aromatic nitrogens is 1. The van der Waals surface area contributed by atoms with Crippen molar-refractivity contribution in [3.63, 3.8) is 0 Å². The Kier molecular flexibility index (Phi) is 13.1. The molecule has 5 aromatic rings. The van der Waals surface area contributed by atoms with E-state index in [1.165, 1.54) is 23.1 Å². The molecule has 3 amide bonds. The SMILES string of the molecule is CCOC(=O)Cc1csc(NC(=O)C(Sc2ccc(NC(=O)/C(=C/c3ccccc3OCC)NC(=O)c3ccccc3)cc2)c2ccccc2)n1. The smallest absolute Gasteiger partial charge is 0.311 e. The Morgan fingerprint density at radius 3 is 2.22 bits per heavy atom. The molecule has 1 heterocycles. The van der Waals surface area contributed by atoms with Crippen LogP contribution < -0.4 is 20.7 Å². The van der Waals surface area contributed by atoms with Gasteiger partial charge in [0, 0.05) is 27.1 Å². The Bertz CT molecular complexity index is 1980. The number of thiazole rings is 1. The number of anilines is 2. The highest BCUT2D eigenvalue weighted by Crippen LogP contribution is 2.37. The highest BCUT2D eigenvalue weighted by Gasteiger charge is 2.24. The van der Waals surface area contributed by atoms with Crippen molar-refractivity contribution >= 4 is 63.7 Å². The number of carbonyl (C=O) groups is 4. The number of rotatable bonds is 15. The fourth-order valence-electron chi connectivity index (χ4n) is 4.81. The van der Waals surface area contributed by atoms with Gasteiger partial charge in [-0.1, -0.05) is 66.7 Å². The first-order valence-corrected chi connectivity index (χ1v) is 17.9. The number of thioether (sulfide) groups is 1. The summed E-state index contributed by atoms with van der Waals surface area (Å²) in [5.74, 6) is -1.05. The number of nitrogens with zero attached hydrogens (tertiary/aromatic N) is 1. The Morgan fingerprint density at radius 1 is 0.824 bits per heavy atom. The zero-order valence-corrected chi connectivity index (χ0v) is 29.6. The van der Waals surface area contributed by atoms with Gasteiger partial charge in [0.15, 0.2) is 5.13 Å². The maximum Gasteiger partial charge on any atom is 0.311 e. The second-order valence-corrected chi connectivity index (χ2v) is 12.9. The number of hydrogen-bond donors (Lipinski definition) is 3. The number of hydrogen-bond acceptors (Lipinski definition) is 9. The van der Waals surface area contributed by atoms with Crippen LogP contribution in [0, 0.1) is 0 Å². The molecule has 0 fully saturated rings. The van der Waals surface area contributed by atoms with Crippen molar-refractivity contribution in [3.05, 3.63) is 143 Å². The molecule has 1 unspecified atom stereocenters. The second kappa shape index (κ2) is 18.3. The molecule has 0 saturated heterocycles. The molecule has 10 nitrogen and oxygen atoms in total. The van der Waals surface area contributed by atoms with Crippen LogP contribution in [0.2, 0.25) is 0 Å². The molecule has 12 heteroatoms. The molecular formula is C39H36N4O6S2. The summed E-state index contributed by atoms with van der Waals surface area (Å²) in [4.78, 5) is 57.3. The number of benzene rings is 4. The second-order valence-electron chi connectivity index (χ2n) is 10.9. The van der Waals surface area contributed by atoms with Crippen LogP contribution in [0.5, 0.6) is 5.75 Å². The molecular weight excluding hydrogens is 685 g/mol. The van der Waals surface area contributed by atoms with Crippen LogP contribution in [0.15, 0.2) is 125 Å². The number of para-hydroxylation sites is 1. The van der Waals surface area contributed by atoms with Gasteiger partial charge in [-0.15, -0.1) is 23.1 Å². The Labute approximate surface area is 304 Å². The minimum absolute atomic E-state index is 0.0250. The van der Waals surface area contributed by atoms with Gasteiger partial charge in [0.05, 0.1) is 25.3 Å². The molecule has 4 aromatic carbocycles. The maximum absolute atomic E-state index is 13.6. The summed E-state index contributed by atoms with van der Waals surface area (Å²) >= 11 is 2.57. The molecule has 51 heavy (non-hydrogen) atoms. The Hall–Kier alpha value is -5.72. The molecule has 0 aliphatic heterocycles. The van der Waals surface area contributed by atoms with E-state index in [1.807, 2.05) is 49.4 Å². The highest BCUT2D eigenvalue weighted by atomic mass is 32.2. The molecule has 3 N–H and O–H groups in total. The Balaban J connectivity index is 1.31. The van der Waals surface area contributed by atoms with Gasteiger partial charge in [0.2, 0.25) is 5.91 Å². The average molecular weight is 721 g/mol. The topological polar surface area (TPSA) is 136 Å². The molecule has 1 aromatic heterocycles. The molecule has 260 valence electrons. The summed E-state index contributed by atoms with van der Waals surface area (Å²) in [6, 6.07) is 32.3. The summed E-state index contributed by atoms with van der Waals surface area (Å²) in [5.41, 5.74) is 2.86. The van der Waals surface area contributed by atoms with Crippen molar-refractivity contribution < 1.29 is 28.7 Å². The van der Waals surface area contributed by atoms with Gasteiger partial charge in [-0.05, 0) is 68.0 Å². The summed E-state index contributed by atoms with van der Waals surface area (Å²) in [6.07, 6.45) is 1.61. The third kappa shape index (κ3) is 10.6. The van der Waals surface area contributed by atoms with Crippen LogP contribution in [0.25, 0.3) is 6.08 Å². The number of ether oxygens (including phenoxy) is 2. The fourth-order valence-corrected chi connectivity index (χ4v) is 6.55. The van der Waals surface area contributed by atoms with Crippen LogP contribution in [0.1, 0.15) is 46.3 Å². The summed E-state index contributed by atoms with van der Waals surface area (Å²) in [7, 11) is 0. The third-order valence-electron chi connectivity index (χ3n) is 7.17. The number of nitrogens with one attached hydrogen (secondary N) is 3. The van der Waals surface area contributed by atoms with Gasteiger partial charge in [-0.2, -0.15) is 0 Å². The minimum Gasteiger partial charge on any atom is -0.493 e. The van der Waals surface area contributed by atoms with E-state index < -0.39 is 17.1 Å². The number of carbonyl (C=O) groups excluding carboxylic acids is 4. The van der Waals surface area contributed by atoms with Crippen molar-refractivity contribution in [2.45, 2.75) is 30.4 Å². The van der Waals surface area contributed by atoms with Gasteiger partial charge in [0.25, 0.3) is 11.8 Å². The minimum atomic E-state index is -0.628. The summed E-state index contributed by atoms with van der Waals surface area (Å²) in [6.45, 7) is 4.32. The lowest BCUT2D eigenvalue weighted by Crippen LogP contribution is -2.30. The van der Waals surface area contributed by atoms with E-state index in [-0.39, 0.29) is 30.6 Å². The largest absolute Gasteiger partial charge is 0.493 e. The van der Waals surface area contributed by atoms with Crippen LogP contribution in [0.3, 0.4) is 0 Å². The van der Waals surface area contributed by atoms with E-state index in [1.54, 1.807) is 85.1 Å². The van der Waals surface area contributed by atoms with Crippen LogP contribution in [-0.4, -0.2) is 41.9 Å². The van der Waals surface area contributed by atoms with Gasteiger partial charge >= 0.3 is 5.97 Å². The predicted molar refractivity (Wildman–Crippen MR) is 201 cm³/mol. The zero-order valence-electron chi connectivity index (χ0n) is 28.0. The van der Waals surface area contributed by atoms with E-state index in [2.05, 4.69) is 20.9 Å². The van der Waals surface area contributed by atoms with Crippen molar-refractivity contribution in [2.24, 2.45) is 0 Å². The van der Waals surface area contributed by atoms with Gasteiger partial charge in [-0.25, -0.2) is 4.98 Å². The van der Waals surface area contributed by atoms with Crippen molar-refractivity contribution in [1.29, 1.82) is 0 Å². The van der Waals surface area contributed by atoms with E-state index >= 15 is 0 Å². The van der Waals surface area contributed by atoms with E-state index in [0.717, 1.165) is 10.5 Å². The highest BCUT2D eigenvalue weighted by molar-refractivity contribution is 8.00. The van der Waals surface area contributed by atoms with Crippen LogP contribution in [-0.2, 0) is 25.5 Å². The van der Waals surface area contributed by atoms with Crippen molar-refractivity contribution in [1.82, 2.24) is 10.3 Å². The normalized spacial score (nSPS) is 11.6. The molecule has 0 aliphatic rings. The number of amides is 3. The quantitative estimate of drug-likeness (QED) is 0.0574. The van der Waals surface area contributed by atoms with E-state index in [9.17, 15) is 19.2 Å². The van der Waals surface area contributed by atoms with Crippen molar-refractivity contribution in [2.75, 3.05) is 23.8 Å². The standard InChI is InChI=1S/C39H36N4O6S2/c1-3-48-33-18-12-11-17-28(33)23-32(42-36(45)27-15-9-6-10-16-27)37(46)40-29-19-21-31(22-20-29)51-35(26-13-7-5-8-14-26)38(47)43-39-41-30(25-50-39)24-34(44)49-4-2/h5-23,25,35H,3-4,24H2,1-2H3,(H,40,46)(H,42,45)(H,41,43,47)/b32-23-. The molecule has 0 radical (unpaired) electrons. The van der Waals surface area contributed by atoms with Gasteiger partial charge in [-0.3, -0.25) is 19.2 Å². The van der Waals surface area contributed by atoms with E-state index in [0.29, 0.717) is 40.0 Å². The lowest BCUT2D eigenvalue weighted by atomic mass is 10.1. The lowest BCUT2D eigenvalue weighted by molar-refractivity contribution is -0.142. The molecule has 0 bridgehead atoms. The summed E-state index contributed by atoms with van der Waals surface area (Å²) < 4.78 is 10.7. The molecule has 0 spiro atoms. The fraction of sp³-hybridized carbons (Fsp3) is 0.154. The van der Waals surface area contributed by atoms with Gasteiger partial charge in [0.1, 0.15) is 16.7 Å². The van der Waals surface area contributed by atoms with E-state index in [4.69, 9.17) is 9.47 Å². The van der Waals surface area contributed by atoms with Crippen LogP contribution >= 0.6 is 23.1 Å². The van der Waals surface area contributed by atoms with Gasteiger partial charge < -0.3 is 25.4 Å². The number of esters is 1. The first kappa shape index (κ1) is 36.6. The van der Waals surface area contributed by atoms with Crippen molar-refractivity contribution in [3.8, 4) is 5.75 Å². The first-order chi connectivity index (χ1) is 24.8. The molecule has 1 atom stereocenters. The zero-order chi connectivity index (χ0) is 36.0. The first-order valence-electron chi connectivity index (χ1n) is 16.2. The molecule has 5 rings (SSSR count). The monoisotopic (exact) mass is 720 g/mol. The maximum atomic E-state index is 13.6. The van der Waals surface area contributed by atoms with Crippen LogP contribution in [0.4, 0.5) is 10.8 Å². The third-order valence-corrected chi connectivity index (χ3v) is 9.24. The molecule has 0 aliphatic carbocycles. The summed E-state index contributed by atoms with van der Waals surface area (Å²) in [5, 5.41) is 9.98. The molecule has 0 saturated carbocycles. The average Bonchev–Trinajstić information content (AvgIpc) is 3.58. The Morgan fingerprint density at radius 2 is 1.51 bits per heavy atom. The lowest BCUT2D eigenvalue weighted by Gasteiger charge is -2.17. The predicted octanol–water partition coefficient (Wildman–Crippen LogP) is 7.53.